The van der Waals surface area contributed by atoms with E-state index in [-0.39, 0.29) is 17.7 Å². The highest BCUT2D eigenvalue weighted by Gasteiger charge is 2.37. The van der Waals surface area contributed by atoms with Gasteiger partial charge in [-0.1, -0.05) is 12.6 Å². The Morgan fingerprint density at radius 2 is 2.06 bits per heavy atom. The second-order valence-electron chi connectivity index (χ2n) is 3.76. The summed E-state index contributed by atoms with van der Waals surface area (Å²) >= 11 is 3.20. The normalized spacial score (nSPS) is 13.7. The first-order chi connectivity index (χ1) is 8.43. The number of hydrogen-bond acceptors (Lipinski definition) is 3. The number of hydrogen-bond donors (Lipinski definition) is 1. The first kappa shape index (κ1) is 12.5. The number of carbonyl (C=O) groups excluding carboxylic acids is 2. The molecule has 1 aromatic carbocycles. The molecule has 1 N–H and O–H groups in total. The topological polar surface area (TPSA) is 74.7 Å². The molecule has 0 aliphatic carbocycles. The Hall–Kier alpha value is -1.95. The Morgan fingerprint density at radius 1 is 1.39 bits per heavy atom. The fourth-order valence-electron chi connectivity index (χ4n) is 1.72. The van der Waals surface area contributed by atoms with Crippen molar-refractivity contribution < 1.29 is 19.5 Å². The fraction of sp³-hybridized carbons (Fsp3) is 0.0833. The molecule has 92 valence electrons. The van der Waals surface area contributed by atoms with Gasteiger partial charge in [-0.3, -0.25) is 9.59 Å². The van der Waals surface area contributed by atoms with Crippen molar-refractivity contribution in [3.8, 4) is 0 Å². The zero-order chi connectivity index (χ0) is 13.4. The quantitative estimate of drug-likeness (QED) is 0.680. The van der Waals surface area contributed by atoms with Crippen molar-refractivity contribution >= 4 is 39.3 Å². The molecule has 0 radical (unpaired) electrons. The Balaban J connectivity index is 2.44. The van der Waals surface area contributed by atoms with Crippen LogP contribution in [0.2, 0.25) is 0 Å². The van der Waals surface area contributed by atoms with Gasteiger partial charge in [0.1, 0.15) is 0 Å². The molecule has 0 spiro atoms. The molecule has 6 heteroatoms. The minimum Gasteiger partial charge on any atom is -0.478 e. The van der Waals surface area contributed by atoms with Crippen LogP contribution in [0.15, 0.2) is 34.8 Å². The van der Waals surface area contributed by atoms with E-state index in [4.69, 9.17) is 5.11 Å². The number of carboxylic acids is 1. The van der Waals surface area contributed by atoms with Crippen molar-refractivity contribution in [1.29, 1.82) is 0 Å². The molecule has 18 heavy (non-hydrogen) atoms. The molecule has 1 amide bonds. The number of aliphatic carboxylic acids is 1. The Kier molecular flexibility index (Phi) is 3.04. The standard InChI is InChI=1S/C12H8BrNO4/c1-6(12(17)18)5-14-8-4-2-3-7(13)9(8)10(15)11(14)16/h2-4H,1,5H2,(H,17,18). The maximum Gasteiger partial charge on any atom is 0.332 e. The highest BCUT2D eigenvalue weighted by molar-refractivity contribution is 9.10. The number of nitrogens with zero attached hydrogens (tertiary/aromatic N) is 1. The van der Waals surface area contributed by atoms with Crippen molar-refractivity contribution in [3.63, 3.8) is 0 Å². The number of halogens is 1. The Morgan fingerprint density at radius 3 is 2.67 bits per heavy atom. The number of carbonyl (C=O) groups is 3. The number of amides is 1. The van der Waals surface area contributed by atoms with E-state index in [9.17, 15) is 14.4 Å². The summed E-state index contributed by atoms with van der Waals surface area (Å²) in [5.74, 6) is -2.58. The monoisotopic (exact) mass is 309 g/mol. The average Bonchev–Trinajstić information content (AvgIpc) is 2.55. The number of rotatable bonds is 3. The van der Waals surface area contributed by atoms with Gasteiger partial charge in [0, 0.05) is 10.0 Å². The lowest BCUT2D eigenvalue weighted by Gasteiger charge is -2.16. The summed E-state index contributed by atoms with van der Waals surface area (Å²) in [4.78, 5) is 35.4. The van der Waals surface area contributed by atoms with Crippen molar-refractivity contribution in [2.24, 2.45) is 0 Å². The van der Waals surface area contributed by atoms with E-state index in [0.29, 0.717) is 10.2 Å². The Bertz CT molecular complexity index is 594. The predicted octanol–water partition coefficient (Wildman–Crippen LogP) is 1.62. The van der Waals surface area contributed by atoms with Gasteiger partial charge in [0.05, 0.1) is 17.8 Å². The van der Waals surface area contributed by atoms with Gasteiger partial charge in [-0.05, 0) is 28.1 Å². The van der Waals surface area contributed by atoms with Crippen molar-refractivity contribution in [3.05, 3.63) is 40.4 Å². The van der Waals surface area contributed by atoms with E-state index in [2.05, 4.69) is 22.5 Å². The van der Waals surface area contributed by atoms with Crippen LogP contribution in [0.3, 0.4) is 0 Å². The molecule has 0 bridgehead atoms. The van der Waals surface area contributed by atoms with Gasteiger partial charge in [0.15, 0.2) is 0 Å². The second-order valence-corrected chi connectivity index (χ2v) is 4.62. The lowest BCUT2D eigenvalue weighted by molar-refractivity contribution is -0.132. The number of carboxylic acid groups (broad SMARTS) is 1. The van der Waals surface area contributed by atoms with Gasteiger partial charge in [-0.15, -0.1) is 0 Å². The van der Waals surface area contributed by atoms with Crippen LogP contribution >= 0.6 is 15.9 Å². The first-order valence-corrected chi connectivity index (χ1v) is 5.78. The molecule has 1 heterocycles. The van der Waals surface area contributed by atoms with Gasteiger partial charge in [0.2, 0.25) is 0 Å². The third-order valence-corrected chi connectivity index (χ3v) is 3.26. The summed E-state index contributed by atoms with van der Waals surface area (Å²) < 4.78 is 0.516. The van der Waals surface area contributed by atoms with Gasteiger partial charge >= 0.3 is 5.97 Å². The molecular formula is C12H8BrNO4. The van der Waals surface area contributed by atoms with E-state index in [1.54, 1.807) is 18.2 Å². The number of ketones is 1. The van der Waals surface area contributed by atoms with Crippen LogP contribution in [-0.2, 0) is 9.59 Å². The first-order valence-electron chi connectivity index (χ1n) is 4.99. The molecule has 0 fully saturated rings. The highest BCUT2D eigenvalue weighted by atomic mass is 79.9. The van der Waals surface area contributed by atoms with Crippen molar-refractivity contribution in [2.75, 3.05) is 11.4 Å². The van der Waals surface area contributed by atoms with Crippen molar-refractivity contribution in [2.45, 2.75) is 0 Å². The van der Waals surface area contributed by atoms with Gasteiger partial charge in [-0.25, -0.2) is 4.79 Å². The predicted molar refractivity (Wildman–Crippen MR) is 67.6 cm³/mol. The number of Topliss-reactive ketones (excluding diaryl/α,β-unsaturated/α-hetero) is 1. The maximum absolute atomic E-state index is 11.8. The smallest absolute Gasteiger partial charge is 0.332 e. The van der Waals surface area contributed by atoms with E-state index in [1.165, 1.54) is 0 Å². The third-order valence-electron chi connectivity index (χ3n) is 2.60. The zero-order valence-electron chi connectivity index (χ0n) is 9.14. The van der Waals surface area contributed by atoms with Crippen LogP contribution in [0.4, 0.5) is 5.69 Å². The number of benzene rings is 1. The minimum atomic E-state index is -1.20. The second kappa shape index (κ2) is 4.38. The van der Waals surface area contributed by atoms with Crippen LogP contribution in [0.1, 0.15) is 10.4 Å². The largest absolute Gasteiger partial charge is 0.478 e. The minimum absolute atomic E-state index is 0.149. The van der Waals surface area contributed by atoms with Gasteiger partial charge < -0.3 is 10.0 Å². The van der Waals surface area contributed by atoms with Crippen LogP contribution in [0.25, 0.3) is 0 Å². The lowest BCUT2D eigenvalue weighted by Crippen LogP contribution is -2.32. The summed E-state index contributed by atoms with van der Waals surface area (Å²) in [6.07, 6.45) is 0. The van der Waals surface area contributed by atoms with E-state index >= 15 is 0 Å². The zero-order valence-corrected chi connectivity index (χ0v) is 10.7. The summed E-state index contributed by atoms with van der Waals surface area (Å²) in [6, 6.07) is 4.92. The molecular weight excluding hydrogens is 302 g/mol. The van der Waals surface area contributed by atoms with Crippen LogP contribution < -0.4 is 4.90 Å². The SMILES string of the molecule is C=C(CN1C(=O)C(=O)c2c(Br)cccc21)C(=O)O. The third kappa shape index (κ3) is 1.84. The average molecular weight is 310 g/mol. The highest BCUT2D eigenvalue weighted by Crippen LogP contribution is 2.34. The van der Waals surface area contributed by atoms with E-state index in [0.717, 1.165) is 4.90 Å². The summed E-state index contributed by atoms with van der Waals surface area (Å²) in [6.45, 7) is 3.15. The van der Waals surface area contributed by atoms with Crippen LogP contribution in [-0.4, -0.2) is 29.3 Å². The molecule has 1 aromatic rings. The molecule has 0 saturated heterocycles. The summed E-state index contributed by atoms with van der Waals surface area (Å²) in [7, 11) is 0. The molecule has 1 aliphatic rings. The van der Waals surface area contributed by atoms with Crippen LogP contribution in [0.5, 0.6) is 0 Å². The molecule has 0 atom stereocenters. The molecule has 1 aliphatic heterocycles. The summed E-state index contributed by atoms with van der Waals surface area (Å²) in [5.41, 5.74) is 0.520. The van der Waals surface area contributed by atoms with Crippen LogP contribution in [0, 0.1) is 0 Å². The lowest BCUT2D eigenvalue weighted by atomic mass is 10.1. The fourth-order valence-corrected chi connectivity index (χ4v) is 2.25. The molecule has 2 rings (SSSR count). The number of fused-ring (bicyclic) bond motifs is 1. The maximum atomic E-state index is 11.8. The summed E-state index contributed by atoms with van der Waals surface area (Å²) in [5, 5.41) is 8.77. The molecule has 0 aromatic heterocycles. The number of anilines is 1. The van der Waals surface area contributed by atoms with E-state index < -0.39 is 17.7 Å². The van der Waals surface area contributed by atoms with E-state index in [1.807, 2.05) is 0 Å². The van der Waals surface area contributed by atoms with Crippen molar-refractivity contribution in [1.82, 2.24) is 0 Å². The van der Waals surface area contributed by atoms with Gasteiger partial charge in [-0.2, -0.15) is 0 Å². The molecule has 0 unspecified atom stereocenters. The molecule has 0 saturated carbocycles. The molecule has 5 nitrogen and oxygen atoms in total. The Labute approximate surface area is 111 Å². The van der Waals surface area contributed by atoms with Gasteiger partial charge in [0.25, 0.3) is 11.7 Å².